The molecule has 1 saturated heterocycles. The Hall–Kier alpha value is -2.85. The fraction of sp³-hybridized carbons (Fsp3) is 0.375. The van der Waals surface area contributed by atoms with Crippen LogP contribution >= 0.6 is 11.3 Å². The van der Waals surface area contributed by atoms with Gasteiger partial charge in [0.15, 0.2) is 0 Å². The number of nitrogens with zero attached hydrogens (tertiary/aromatic N) is 1. The molecule has 0 unspecified atom stereocenters. The summed E-state index contributed by atoms with van der Waals surface area (Å²) >= 11 is 1.55. The van der Waals surface area contributed by atoms with Crippen LogP contribution in [0.15, 0.2) is 42.5 Å². The van der Waals surface area contributed by atoms with Crippen molar-refractivity contribution in [2.75, 3.05) is 31.1 Å². The summed E-state index contributed by atoms with van der Waals surface area (Å²) in [6.07, 6.45) is 3.23. The maximum absolute atomic E-state index is 11.8. The Morgan fingerprint density at radius 1 is 1.08 bits per heavy atom. The van der Waals surface area contributed by atoms with Gasteiger partial charge in [-0.05, 0) is 63.2 Å². The van der Waals surface area contributed by atoms with Gasteiger partial charge in [-0.3, -0.25) is 4.55 Å². The second kappa shape index (κ2) is 12.4. The number of carbonyl (C=O) groups excluding carboxylic acids is 1. The summed E-state index contributed by atoms with van der Waals surface area (Å²) in [5, 5.41) is 3.37. The third-order valence-corrected chi connectivity index (χ3v) is 5.94. The van der Waals surface area contributed by atoms with E-state index in [0.717, 1.165) is 41.5 Å². The van der Waals surface area contributed by atoms with Gasteiger partial charge in [0.05, 0.1) is 4.88 Å². The van der Waals surface area contributed by atoms with Gasteiger partial charge in [-0.25, -0.2) is 4.79 Å². The van der Waals surface area contributed by atoms with Gasteiger partial charge in [0, 0.05) is 48.4 Å². The van der Waals surface area contributed by atoms with Crippen molar-refractivity contribution in [3.8, 4) is 11.8 Å². The molecule has 0 radical (unpaired) electrons. The highest BCUT2D eigenvalue weighted by Crippen LogP contribution is 2.21. The van der Waals surface area contributed by atoms with E-state index in [0.29, 0.717) is 0 Å². The minimum absolute atomic E-state index is 0.335. The van der Waals surface area contributed by atoms with Gasteiger partial charge in [-0.15, -0.1) is 11.3 Å². The molecule has 2 N–H and O–H groups in total. The second-order valence-corrected chi connectivity index (χ2v) is 11.1. The number of halogens is 3. The van der Waals surface area contributed by atoms with Crippen LogP contribution in [0.4, 0.5) is 18.9 Å². The van der Waals surface area contributed by atoms with E-state index in [-0.39, 0.29) is 5.97 Å². The van der Waals surface area contributed by atoms with E-state index in [2.05, 4.69) is 46.3 Å². The van der Waals surface area contributed by atoms with Gasteiger partial charge in [-0.2, -0.15) is 21.6 Å². The Kier molecular flexibility index (Phi) is 10.1. The van der Waals surface area contributed by atoms with Crippen LogP contribution in [0.2, 0.25) is 0 Å². The topological polar surface area (TPSA) is 95.9 Å². The first kappa shape index (κ1) is 29.4. The average molecular weight is 545 g/mol. The molecule has 12 heteroatoms. The van der Waals surface area contributed by atoms with Crippen molar-refractivity contribution in [1.82, 2.24) is 5.32 Å². The SMILES string of the molecule is CC(C)(C)OC(=O)/C=C/c1ccc(C#Cc2ccc(N3CCNCC3)cc2)s1.O=S(=O)(O)C(F)(F)F. The summed E-state index contributed by atoms with van der Waals surface area (Å²) in [4.78, 5) is 16.1. The molecule has 0 spiro atoms. The fourth-order valence-electron chi connectivity index (χ4n) is 2.81. The zero-order chi connectivity index (χ0) is 27.0. The number of carbonyl (C=O) groups is 1. The molecule has 3 rings (SSSR count). The second-order valence-electron chi connectivity index (χ2n) is 8.52. The third-order valence-electron chi connectivity index (χ3n) is 4.39. The minimum Gasteiger partial charge on any atom is -0.457 e. The molecule has 0 bridgehead atoms. The lowest BCUT2D eigenvalue weighted by Crippen LogP contribution is -2.43. The van der Waals surface area contributed by atoms with Crippen LogP contribution in [0.25, 0.3) is 6.08 Å². The number of thiophene rings is 1. The molecule has 0 aliphatic carbocycles. The van der Waals surface area contributed by atoms with Crippen LogP contribution in [-0.4, -0.2) is 56.2 Å². The highest BCUT2D eigenvalue weighted by atomic mass is 32.2. The van der Waals surface area contributed by atoms with E-state index in [1.165, 1.54) is 11.8 Å². The Morgan fingerprint density at radius 2 is 1.67 bits per heavy atom. The van der Waals surface area contributed by atoms with Crippen molar-refractivity contribution in [3.05, 3.63) is 57.8 Å². The molecule has 36 heavy (non-hydrogen) atoms. The maximum atomic E-state index is 11.8. The molecule has 1 fully saturated rings. The third kappa shape index (κ3) is 10.4. The van der Waals surface area contributed by atoms with Crippen molar-refractivity contribution in [1.29, 1.82) is 0 Å². The molecule has 196 valence electrons. The van der Waals surface area contributed by atoms with Crippen molar-refractivity contribution >= 4 is 39.2 Å². The molecule has 2 aromatic rings. The van der Waals surface area contributed by atoms with E-state index in [1.54, 1.807) is 17.4 Å². The van der Waals surface area contributed by atoms with Crippen LogP contribution < -0.4 is 10.2 Å². The predicted octanol–water partition coefficient (Wildman–Crippen LogP) is 4.31. The summed E-state index contributed by atoms with van der Waals surface area (Å²) in [6.45, 7) is 9.71. The molecule has 1 aromatic heterocycles. The summed E-state index contributed by atoms with van der Waals surface area (Å²) in [6, 6.07) is 12.4. The first-order chi connectivity index (χ1) is 16.6. The van der Waals surface area contributed by atoms with Crippen LogP contribution in [0.1, 0.15) is 36.1 Å². The van der Waals surface area contributed by atoms with E-state index in [4.69, 9.17) is 17.7 Å². The smallest absolute Gasteiger partial charge is 0.457 e. The highest BCUT2D eigenvalue weighted by molar-refractivity contribution is 7.86. The molecule has 7 nitrogen and oxygen atoms in total. The number of hydrogen-bond acceptors (Lipinski definition) is 7. The summed E-state index contributed by atoms with van der Waals surface area (Å²) < 4.78 is 62.8. The summed E-state index contributed by atoms with van der Waals surface area (Å²) in [7, 11) is -5.84. The molecule has 1 aliphatic rings. The van der Waals surface area contributed by atoms with Crippen LogP contribution in [-0.2, 0) is 19.6 Å². The number of anilines is 1. The number of rotatable bonds is 3. The lowest BCUT2D eigenvalue weighted by Gasteiger charge is -2.29. The standard InChI is InChI=1S/C23H26N2O2S.CHF3O3S/c1-23(2,3)27-22(26)13-12-21-11-10-20(28-21)9-6-18-4-7-19(8-5-18)25-16-14-24-15-17-25;2-1(3,4)8(5,6)7/h4-5,7-8,10-13,24H,14-17H2,1-3H3;(H,5,6,7)/b13-12+;. The molecule has 0 amide bonds. The normalized spacial score (nSPS) is 14.5. The minimum atomic E-state index is -5.84. The van der Waals surface area contributed by atoms with Crippen LogP contribution in [0.3, 0.4) is 0 Å². The number of alkyl halides is 3. The molecule has 1 aliphatic heterocycles. The number of ether oxygens (including phenoxy) is 1. The Labute approximate surface area is 212 Å². The zero-order valence-corrected chi connectivity index (χ0v) is 21.6. The maximum Gasteiger partial charge on any atom is 0.522 e. The number of benzene rings is 1. The van der Waals surface area contributed by atoms with E-state index in [9.17, 15) is 18.0 Å². The van der Waals surface area contributed by atoms with Gasteiger partial charge in [0.25, 0.3) is 0 Å². The van der Waals surface area contributed by atoms with E-state index >= 15 is 0 Å². The van der Waals surface area contributed by atoms with Gasteiger partial charge in [0.2, 0.25) is 0 Å². The monoisotopic (exact) mass is 544 g/mol. The summed E-state index contributed by atoms with van der Waals surface area (Å²) in [5.41, 5.74) is -3.77. The largest absolute Gasteiger partial charge is 0.522 e. The van der Waals surface area contributed by atoms with Gasteiger partial charge in [0.1, 0.15) is 5.60 Å². The molecular weight excluding hydrogens is 517 g/mol. The lowest BCUT2D eigenvalue weighted by molar-refractivity contribution is -0.148. The zero-order valence-electron chi connectivity index (χ0n) is 19.9. The van der Waals surface area contributed by atoms with Crippen molar-refractivity contribution in [2.45, 2.75) is 31.9 Å². The van der Waals surface area contributed by atoms with Gasteiger partial charge >= 0.3 is 21.6 Å². The highest BCUT2D eigenvalue weighted by Gasteiger charge is 2.44. The number of hydrogen-bond donors (Lipinski definition) is 2. The van der Waals surface area contributed by atoms with E-state index < -0.39 is 21.2 Å². The number of piperazine rings is 1. The van der Waals surface area contributed by atoms with Gasteiger partial charge < -0.3 is 15.0 Å². The lowest BCUT2D eigenvalue weighted by atomic mass is 10.2. The first-order valence-electron chi connectivity index (χ1n) is 10.8. The first-order valence-corrected chi connectivity index (χ1v) is 13.0. The van der Waals surface area contributed by atoms with Crippen LogP contribution in [0, 0.1) is 11.8 Å². The number of esters is 1. The quantitative estimate of drug-likeness (QED) is 0.196. The Balaban J connectivity index is 0.000000493. The van der Waals surface area contributed by atoms with Crippen molar-refractivity contribution in [3.63, 3.8) is 0 Å². The molecule has 2 heterocycles. The van der Waals surface area contributed by atoms with Crippen molar-refractivity contribution < 1.29 is 35.7 Å². The molecule has 1 aromatic carbocycles. The average Bonchev–Trinajstić information content (AvgIpc) is 3.23. The number of nitrogens with one attached hydrogen (secondary N) is 1. The van der Waals surface area contributed by atoms with E-state index in [1.807, 2.05) is 32.9 Å². The van der Waals surface area contributed by atoms with Crippen molar-refractivity contribution in [2.24, 2.45) is 0 Å². The fourth-order valence-corrected chi connectivity index (χ4v) is 3.57. The molecular formula is C24H27F3N2O5S2. The molecule has 0 saturated carbocycles. The Bertz CT molecular complexity index is 1210. The molecule has 0 atom stereocenters. The predicted molar refractivity (Wildman–Crippen MR) is 134 cm³/mol. The summed E-state index contributed by atoms with van der Waals surface area (Å²) in [5.74, 6) is 6.08. The Morgan fingerprint density at radius 3 is 2.19 bits per heavy atom. The van der Waals surface area contributed by atoms with Crippen LogP contribution in [0.5, 0.6) is 0 Å². The van der Waals surface area contributed by atoms with Gasteiger partial charge in [-0.1, -0.05) is 11.8 Å².